The number of rotatable bonds is 1. The average Bonchev–Trinajstić information content (AvgIpc) is 2.42. The fourth-order valence-corrected chi connectivity index (χ4v) is 2.32. The Hall–Kier alpha value is -2.55. The van der Waals surface area contributed by atoms with Gasteiger partial charge in [-0.1, -0.05) is 24.3 Å². The third-order valence-corrected chi connectivity index (χ3v) is 3.62. The molecule has 3 rings (SSSR count). The van der Waals surface area contributed by atoms with Crippen molar-refractivity contribution in [3.63, 3.8) is 0 Å². The minimum absolute atomic E-state index is 0.0595. The number of aromatic hydroxyl groups is 1. The molecule has 0 unspecified atom stereocenters. The van der Waals surface area contributed by atoms with Crippen LogP contribution in [0.25, 0.3) is 22.1 Å². The lowest BCUT2D eigenvalue weighted by molar-refractivity contribution is 0.475. The standard InChI is InChI=1S/C17H14O3/c1-10-4-3-5-14(11(10)2)16-8-12-6-7-13(18)9-15(12)17(19)20-16/h3-9,18H,1-2H3. The van der Waals surface area contributed by atoms with Crippen LogP contribution in [0.3, 0.4) is 0 Å². The van der Waals surface area contributed by atoms with Gasteiger partial charge in [0.05, 0.1) is 5.39 Å². The van der Waals surface area contributed by atoms with Crippen molar-refractivity contribution in [3.05, 3.63) is 64.0 Å². The van der Waals surface area contributed by atoms with E-state index in [9.17, 15) is 9.90 Å². The molecular weight excluding hydrogens is 252 g/mol. The van der Waals surface area contributed by atoms with Gasteiger partial charge >= 0.3 is 5.63 Å². The molecule has 0 amide bonds. The number of phenolic OH excluding ortho intramolecular Hbond substituents is 1. The molecule has 0 spiro atoms. The molecule has 3 heteroatoms. The maximum absolute atomic E-state index is 12.0. The van der Waals surface area contributed by atoms with Crippen LogP contribution in [0, 0.1) is 13.8 Å². The molecule has 0 bridgehead atoms. The van der Waals surface area contributed by atoms with Gasteiger partial charge in [-0.15, -0.1) is 0 Å². The van der Waals surface area contributed by atoms with Crippen LogP contribution in [-0.4, -0.2) is 5.11 Å². The molecule has 0 aliphatic carbocycles. The van der Waals surface area contributed by atoms with Gasteiger partial charge in [-0.2, -0.15) is 0 Å². The summed E-state index contributed by atoms with van der Waals surface area (Å²) >= 11 is 0. The van der Waals surface area contributed by atoms with E-state index in [1.807, 2.05) is 38.1 Å². The van der Waals surface area contributed by atoms with Gasteiger partial charge in [0.25, 0.3) is 0 Å². The number of aryl methyl sites for hydroxylation is 1. The predicted octanol–water partition coefficient (Wildman–Crippen LogP) is 3.78. The quantitative estimate of drug-likeness (QED) is 0.729. The van der Waals surface area contributed by atoms with Crippen molar-refractivity contribution in [3.8, 4) is 17.1 Å². The van der Waals surface area contributed by atoms with E-state index >= 15 is 0 Å². The van der Waals surface area contributed by atoms with E-state index in [-0.39, 0.29) is 5.75 Å². The van der Waals surface area contributed by atoms with E-state index < -0.39 is 5.63 Å². The Balaban J connectivity index is 2.31. The number of phenols is 1. The summed E-state index contributed by atoms with van der Waals surface area (Å²) in [6.45, 7) is 4.03. The number of hydrogen-bond acceptors (Lipinski definition) is 3. The predicted molar refractivity (Wildman–Crippen MR) is 79.1 cm³/mol. The second-order valence-corrected chi connectivity index (χ2v) is 4.92. The maximum Gasteiger partial charge on any atom is 0.344 e. The molecule has 1 N–H and O–H groups in total. The van der Waals surface area contributed by atoms with E-state index in [1.165, 1.54) is 6.07 Å². The van der Waals surface area contributed by atoms with Gasteiger partial charge in [0.15, 0.2) is 0 Å². The van der Waals surface area contributed by atoms with Crippen LogP contribution >= 0.6 is 0 Å². The third-order valence-electron chi connectivity index (χ3n) is 3.62. The van der Waals surface area contributed by atoms with Crippen molar-refractivity contribution in [1.29, 1.82) is 0 Å². The van der Waals surface area contributed by atoms with Crippen molar-refractivity contribution in [1.82, 2.24) is 0 Å². The smallest absolute Gasteiger partial charge is 0.344 e. The van der Waals surface area contributed by atoms with Crippen molar-refractivity contribution >= 4 is 10.8 Å². The first-order valence-electron chi connectivity index (χ1n) is 6.40. The normalized spacial score (nSPS) is 10.9. The molecule has 0 radical (unpaired) electrons. The third kappa shape index (κ3) is 1.97. The molecular formula is C17H14O3. The molecule has 3 nitrogen and oxygen atoms in total. The Labute approximate surface area is 116 Å². The summed E-state index contributed by atoms with van der Waals surface area (Å²) in [7, 11) is 0. The van der Waals surface area contributed by atoms with Gasteiger partial charge in [-0.3, -0.25) is 0 Å². The second kappa shape index (κ2) is 4.53. The highest BCUT2D eigenvalue weighted by atomic mass is 16.4. The van der Waals surface area contributed by atoms with Crippen LogP contribution in [0.4, 0.5) is 0 Å². The van der Waals surface area contributed by atoms with Crippen molar-refractivity contribution in [2.45, 2.75) is 13.8 Å². The molecule has 0 fully saturated rings. The molecule has 3 aromatic rings. The Morgan fingerprint density at radius 3 is 2.65 bits per heavy atom. The Bertz CT molecular complexity index is 860. The highest BCUT2D eigenvalue weighted by Gasteiger charge is 2.10. The van der Waals surface area contributed by atoms with Gasteiger partial charge in [0.2, 0.25) is 0 Å². The minimum Gasteiger partial charge on any atom is -0.508 e. The van der Waals surface area contributed by atoms with Gasteiger partial charge in [-0.25, -0.2) is 4.79 Å². The van der Waals surface area contributed by atoms with Crippen LogP contribution in [0.5, 0.6) is 5.75 Å². The first kappa shape index (κ1) is 12.5. The van der Waals surface area contributed by atoms with E-state index in [2.05, 4.69) is 0 Å². The summed E-state index contributed by atoms with van der Waals surface area (Å²) in [5.41, 5.74) is 2.72. The second-order valence-electron chi connectivity index (χ2n) is 4.92. The van der Waals surface area contributed by atoms with Gasteiger partial charge < -0.3 is 9.52 Å². The summed E-state index contributed by atoms with van der Waals surface area (Å²) in [4.78, 5) is 12.0. The summed E-state index contributed by atoms with van der Waals surface area (Å²) in [6.07, 6.45) is 0. The summed E-state index contributed by atoms with van der Waals surface area (Å²) < 4.78 is 5.40. The molecule has 20 heavy (non-hydrogen) atoms. The van der Waals surface area contributed by atoms with Crippen LogP contribution in [0.2, 0.25) is 0 Å². The van der Waals surface area contributed by atoms with Crippen LogP contribution < -0.4 is 5.63 Å². The fraction of sp³-hybridized carbons (Fsp3) is 0.118. The minimum atomic E-state index is -0.436. The Morgan fingerprint density at radius 2 is 1.85 bits per heavy atom. The van der Waals surface area contributed by atoms with Gasteiger partial charge in [0.1, 0.15) is 11.5 Å². The van der Waals surface area contributed by atoms with E-state index in [4.69, 9.17) is 4.42 Å². The van der Waals surface area contributed by atoms with E-state index in [1.54, 1.807) is 12.1 Å². The van der Waals surface area contributed by atoms with Crippen LogP contribution in [0.15, 0.2) is 51.7 Å². The lowest BCUT2D eigenvalue weighted by Gasteiger charge is -2.08. The summed E-state index contributed by atoms with van der Waals surface area (Å²) in [6, 6.07) is 12.4. The van der Waals surface area contributed by atoms with Crippen molar-refractivity contribution in [2.24, 2.45) is 0 Å². The van der Waals surface area contributed by atoms with Crippen molar-refractivity contribution in [2.75, 3.05) is 0 Å². The zero-order valence-corrected chi connectivity index (χ0v) is 11.3. The molecule has 100 valence electrons. The zero-order valence-electron chi connectivity index (χ0n) is 11.3. The molecule has 0 saturated heterocycles. The Kier molecular flexibility index (Phi) is 2.83. The van der Waals surface area contributed by atoms with E-state index in [0.717, 1.165) is 22.1 Å². The molecule has 1 heterocycles. The monoisotopic (exact) mass is 266 g/mol. The molecule has 2 aromatic carbocycles. The topological polar surface area (TPSA) is 50.4 Å². The Morgan fingerprint density at radius 1 is 1.05 bits per heavy atom. The van der Waals surface area contributed by atoms with Gasteiger partial charge in [-0.05, 0) is 48.6 Å². The lowest BCUT2D eigenvalue weighted by Crippen LogP contribution is -2.00. The number of benzene rings is 2. The zero-order chi connectivity index (χ0) is 14.3. The van der Waals surface area contributed by atoms with Crippen LogP contribution in [-0.2, 0) is 0 Å². The summed E-state index contributed by atoms with van der Waals surface area (Å²) in [5, 5.41) is 10.6. The molecule has 0 aliphatic heterocycles. The van der Waals surface area contributed by atoms with Gasteiger partial charge in [0, 0.05) is 5.56 Å². The number of fused-ring (bicyclic) bond motifs is 1. The summed E-state index contributed by atoms with van der Waals surface area (Å²) in [5.74, 6) is 0.610. The molecule has 0 saturated carbocycles. The maximum atomic E-state index is 12.0. The molecule has 0 aliphatic rings. The van der Waals surface area contributed by atoms with E-state index in [0.29, 0.717) is 11.1 Å². The highest BCUT2D eigenvalue weighted by Crippen LogP contribution is 2.27. The average molecular weight is 266 g/mol. The molecule has 0 atom stereocenters. The first-order valence-corrected chi connectivity index (χ1v) is 6.40. The van der Waals surface area contributed by atoms with Crippen molar-refractivity contribution < 1.29 is 9.52 Å². The SMILES string of the molecule is Cc1cccc(-c2cc3ccc(O)cc3c(=O)o2)c1C. The lowest BCUT2D eigenvalue weighted by atomic mass is 10.0. The van der Waals surface area contributed by atoms with Crippen LogP contribution in [0.1, 0.15) is 11.1 Å². The fourth-order valence-electron chi connectivity index (χ4n) is 2.32. The largest absolute Gasteiger partial charge is 0.508 e. The molecule has 1 aromatic heterocycles. The highest BCUT2D eigenvalue weighted by molar-refractivity contribution is 5.85. The number of hydrogen-bond donors (Lipinski definition) is 1. The first-order chi connectivity index (χ1) is 9.56.